The van der Waals surface area contributed by atoms with Gasteiger partial charge in [0.2, 0.25) is 11.9 Å². The van der Waals surface area contributed by atoms with E-state index in [1.54, 1.807) is 0 Å². The topological polar surface area (TPSA) is 80.0 Å². The van der Waals surface area contributed by atoms with Gasteiger partial charge in [0.25, 0.3) is 0 Å². The number of anilines is 6. The summed E-state index contributed by atoms with van der Waals surface area (Å²) >= 11 is 0. The van der Waals surface area contributed by atoms with Gasteiger partial charge in [-0.3, -0.25) is 4.90 Å². The zero-order valence-electron chi connectivity index (χ0n) is 18.8. The minimum atomic E-state index is 0.449. The van der Waals surface area contributed by atoms with Crippen LogP contribution in [0.2, 0.25) is 0 Å². The fourth-order valence-corrected chi connectivity index (χ4v) is 4.30. The second-order valence-electron chi connectivity index (χ2n) is 8.19. The smallest absolute Gasteiger partial charge is 0.239 e. The molecule has 0 amide bonds. The average Bonchev–Trinajstić information content (AvgIpc) is 2.91. The van der Waals surface area contributed by atoms with E-state index in [9.17, 15) is 0 Å². The highest BCUT2D eigenvalue weighted by Gasteiger charge is 2.20. The van der Waals surface area contributed by atoms with E-state index in [-0.39, 0.29) is 0 Å². The maximum atomic E-state index is 5.83. The van der Waals surface area contributed by atoms with Gasteiger partial charge >= 0.3 is 0 Å². The average molecular weight is 455 g/mol. The summed E-state index contributed by atoms with van der Waals surface area (Å²) in [7, 11) is 0. The lowest BCUT2D eigenvalue weighted by molar-refractivity contribution is 1.02. The van der Waals surface area contributed by atoms with Crippen LogP contribution in [0.1, 0.15) is 0 Å². The Morgan fingerprint density at radius 3 is 1.80 bits per heavy atom. The summed E-state index contributed by atoms with van der Waals surface area (Å²) in [4.78, 5) is 15.9. The van der Waals surface area contributed by atoms with Crippen molar-refractivity contribution >= 4 is 56.2 Å². The number of hydrogen-bond acceptors (Lipinski definition) is 6. The highest BCUT2D eigenvalue weighted by molar-refractivity contribution is 6.03. The summed E-state index contributed by atoms with van der Waals surface area (Å²) in [5.41, 5.74) is 9.35. The van der Waals surface area contributed by atoms with Crippen molar-refractivity contribution in [1.29, 1.82) is 0 Å². The minimum Gasteiger partial charge on any atom is -0.399 e. The van der Waals surface area contributed by atoms with Gasteiger partial charge in [0.15, 0.2) is 0 Å². The molecule has 0 unspecified atom stereocenters. The van der Waals surface area contributed by atoms with Crippen LogP contribution < -0.4 is 16.0 Å². The number of rotatable bonds is 5. The molecule has 0 aliphatic heterocycles. The quantitative estimate of drug-likeness (QED) is 0.274. The van der Waals surface area contributed by atoms with E-state index in [4.69, 9.17) is 10.7 Å². The first-order valence-corrected chi connectivity index (χ1v) is 11.3. The molecule has 0 saturated heterocycles. The van der Waals surface area contributed by atoms with Gasteiger partial charge in [-0.25, -0.2) is 9.97 Å². The van der Waals surface area contributed by atoms with Crippen LogP contribution in [-0.4, -0.2) is 15.0 Å². The van der Waals surface area contributed by atoms with Crippen molar-refractivity contribution in [1.82, 2.24) is 15.0 Å². The van der Waals surface area contributed by atoms with E-state index < -0.39 is 0 Å². The standard InChI is InChI=1S/C29H22N6/c30-22-15-17-23(18-16-22)33-28-31-19-32-29(34-28)35(26-13-5-9-20-7-1-3-11-24(20)26)27-14-6-10-21-8-2-4-12-25(21)27/h1-19H,30H2,(H,31,32,33,34). The highest BCUT2D eigenvalue weighted by atomic mass is 15.3. The Hall–Kier alpha value is -4.97. The third-order valence-electron chi connectivity index (χ3n) is 5.94. The molecule has 0 fully saturated rings. The summed E-state index contributed by atoms with van der Waals surface area (Å²) in [6.07, 6.45) is 1.53. The van der Waals surface area contributed by atoms with Gasteiger partial charge in [-0.2, -0.15) is 4.98 Å². The van der Waals surface area contributed by atoms with E-state index >= 15 is 0 Å². The normalized spacial score (nSPS) is 11.0. The van der Waals surface area contributed by atoms with Crippen molar-refractivity contribution in [2.24, 2.45) is 0 Å². The highest BCUT2D eigenvalue weighted by Crippen LogP contribution is 2.40. The molecule has 6 rings (SSSR count). The number of nitrogens with zero attached hydrogens (tertiary/aromatic N) is 4. The second kappa shape index (κ2) is 8.76. The second-order valence-corrected chi connectivity index (χ2v) is 8.19. The number of fused-ring (bicyclic) bond motifs is 2. The van der Waals surface area contributed by atoms with Crippen LogP contribution in [-0.2, 0) is 0 Å². The fourth-order valence-electron chi connectivity index (χ4n) is 4.30. The molecule has 6 heteroatoms. The third kappa shape index (κ3) is 3.98. The van der Waals surface area contributed by atoms with Crippen LogP contribution in [0, 0.1) is 0 Å². The molecule has 168 valence electrons. The zero-order valence-corrected chi connectivity index (χ0v) is 18.8. The first kappa shape index (κ1) is 20.6. The first-order chi connectivity index (χ1) is 17.3. The number of nitrogens with one attached hydrogen (secondary N) is 1. The number of aromatic nitrogens is 3. The van der Waals surface area contributed by atoms with Crippen LogP contribution in [0.3, 0.4) is 0 Å². The molecule has 1 heterocycles. The van der Waals surface area contributed by atoms with Crippen LogP contribution >= 0.6 is 0 Å². The predicted octanol–water partition coefficient (Wildman–Crippen LogP) is 6.97. The van der Waals surface area contributed by atoms with Crippen molar-refractivity contribution in [2.75, 3.05) is 16.0 Å². The Morgan fingerprint density at radius 1 is 0.600 bits per heavy atom. The summed E-state index contributed by atoms with van der Waals surface area (Å²) < 4.78 is 0. The summed E-state index contributed by atoms with van der Waals surface area (Å²) in [6.45, 7) is 0. The van der Waals surface area contributed by atoms with Gasteiger partial charge in [-0.05, 0) is 47.2 Å². The van der Waals surface area contributed by atoms with Crippen LogP contribution in [0.15, 0.2) is 116 Å². The lowest BCUT2D eigenvalue weighted by atomic mass is 10.0. The molecule has 1 aromatic heterocycles. The van der Waals surface area contributed by atoms with E-state index in [0.717, 1.165) is 38.6 Å². The predicted molar refractivity (Wildman–Crippen MR) is 144 cm³/mol. The minimum absolute atomic E-state index is 0.449. The van der Waals surface area contributed by atoms with Crippen LogP contribution in [0.4, 0.5) is 34.6 Å². The van der Waals surface area contributed by atoms with Crippen molar-refractivity contribution in [2.45, 2.75) is 0 Å². The Labute approximate surface area is 202 Å². The molecular formula is C29H22N6. The maximum absolute atomic E-state index is 5.83. The molecule has 5 aromatic carbocycles. The van der Waals surface area contributed by atoms with Gasteiger partial charge in [-0.1, -0.05) is 72.8 Å². The van der Waals surface area contributed by atoms with Gasteiger partial charge in [-0.15, -0.1) is 0 Å². The number of hydrogen-bond donors (Lipinski definition) is 2. The zero-order chi connectivity index (χ0) is 23.6. The molecule has 3 N–H and O–H groups in total. The molecule has 6 aromatic rings. The summed E-state index contributed by atoms with van der Waals surface area (Å²) in [5.74, 6) is 0.968. The van der Waals surface area contributed by atoms with E-state index in [2.05, 4.69) is 93.0 Å². The van der Waals surface area contributed by atoms with Crippen molar-refractivity contribution in [3.05, 3.63) is 116 Å². The lowest BCUT2D eigenvalue weighted by Crippen LogP contribution is -2.15. The molecule has 35 heavy (non-hydrogen) atoms. The molecular weight excluding hydrogens is 432 g/mol. The third-order valence-corrected chi connectivity index (χ3v) is 5.94. The van der Waals surface area contributed by atoms with Gasteiger partial charge < -0.3 is 11.1 Å². The molecule has 0 saturated carbocycles. The first-order valence-electron chi connectivity index (χ1n) is 11.3. The molecule has 0 spiro atoms. The Bertz CT molecular complexity index is 1560. The van der Waals surface area contributed by atoms with Gasteiger partial charge in [0.1, 0.15) is 6.33 Å². The fraction of sp³-hybridized carbons (Fsp3) is 0. The molecule has 0 aliphatic rings. The number of nitrogens with two attached hydrogens (primary N) is 1. The van der Waals surface area contributed by atoms with Crippen LogP contribution in [0.5, 0.6) is 0 Å². The molecule has 6 nitrogen and oxygen atoms in total. The summed E-state index contributed by atoms with van der Waals surface area (Å²) in [5, 5.41) is 7.76. The maximum Gasteiger partial charge on any atom is 0.239 e. The van der Waals surface area contributed by atoms with Crippen molar-refractivity contribution < 1.29 is 0 Å². The van der Waals surface area contributed by atoms with Crippen molar-refractivity contribution in [3.8, 4) is 0 Å². The Balaban J connectivity index is 1.55. The van der Waals surface area contributed by atoms with Gasteiger partial charge in [0.05, 0.1) is 11.4 Å². The van der Waals surface area contributed by atoms with Gasteiger partial charge in [0, 0.05) is 22.1 Å². The Kier molecular flexibility index (Phi) is 5.16. The molecule has 0 atom stereocenters. The SMILES string of the molecule is Nc1ccc(Nc2ncnc(N(c3cccc4ccccc34)c3cccc4ccccc34)n2)cc1. The monoisotopic (exact) mass is 454 g/mol. The van der Waals surface area contributed by atoms with E-state index in [0.29, 0.717) is 17.6 Å². The largest absolute Gasteiger partial charge is 0.399 e. The lowest BCUT2D eigenvalue weighted by Gasteiger charge is -2.26. The molecule has 0 aliphatic carbocycles. The number of benzene rings is 5. The molecule has 0 bridgehead atoms. The van der Waals surface area contributed by atoms with Crippen LogP contribution in [0.25, 0.3) is 21.5 Å². The summed E-state index contributed by atoms with van der Waals surface area (Å²) in [6, 6.07) is 36.7. The number of nitrogen functional groups attached to an aromatic ring is 1. The van der Waals surface area contributed by atoms with E-state index in [1.807, 2.05) is 36.4 Å². The van der Waals surface area contributed by atoms with Crippen molar-refractivity contribution in [3.63, 3.8) is 0 Å². The molecule has 0 radical (unpaired) electrons. The van der Waals surface area contributed by atoms with E-state index in [1.165, 1.54) is 6.33 Å². The Morgan fingerprint density at radius 2 is 1.17 bits per heavy atom.